The highest BCUT2D eigenvalue weighted by molar-refractivity contribution is 7.17. The normalized spacial score (nSPS) is 15.3. The minimum atomic E-state index is -0.856. The number of rotatable bonds is 5. The van der Waals surface area contributed by atoms with Gasteiger partial charge in [-0.05, 0) is 42.7 Å². The summed E-state index contributed by atoms with van der Waals surface area (Å²) in [5.74, 6) is -1.43. The second kappa shape index (κ2) is 5.53. The molecule has 1 amide bonds. The van der Waals surface area contributed by atoms with Crippen molar-refractivity contribution in [2.24, 2.45) is 5.41 Å². The van der Waals surface area contributed by atoms with E-state index in [1.807, 2.05) is 0 Å². The zero-order chi connectivity index (χ0) is 15.7. The van der Waals surface area contributed by atoms with Gasteiger partial charge in [-0.3, -0.25) is 9.59 Å². The van der Waals surface area contributed by atoms with E-state index in [0.29, 0.717) is 17.7 Å². The van der Waals surface area contributed by atoms with E-state index < -0.39 is 11.4 Å². The Morgan fingerprint density at radius 2 is 1.86 bits per heavy atom. The summed E-state index contributed by atoms with van der Waals surface area (Å²) >= 11 is 1.30. The number of hydrogen-bond acceptors (Lipinski definition) is 3. The molecule has 0 saturated heterocycles. The summed E-state index contributed by atoms with van der Waals surface area (Å²) in [5, 5.41) is 11.8. The second-order valence-corrected chi connectivity index (χ2v) is 6.52. The molecule has 1 aliphatic carbocycles. The fraction of sp³-hybridized carbons (Fsp3) is 0.250. The van der Waals surface area contributed by atoms with Gasteiger partial charge in [0.2, 0.25) is 0 Å². The van der Waals surface area contributed by atoms with Crippen LogP contribution in [0.1, 0.15) is 22.5 Å². The number of nitrogens with one attached hydrogen (secondary N) is 1. The van der Waals surface area contributed by atoms with Gasteiger partial charge >= 0.3 is 5.97 Å². The van der Waals surface area contributed by atoms with E-state index >= 15 is 0 Å². The van der Waals surface area contributed by atoms with Gasteiger partial charge in [0, 0.05) is 11.4 Å². The summed E-state index contributed by atoms with van der Waals surface area (Å²) in [5.41, 5.74) is 0.0711. The molecule has 0 radical (unpaired) electrons. The number of carboxylic acids is 1. The third kappa shape index (κ3) is 2.87. The van der Waals surface area contributed by atoms with E-state index in [1.165, 1.54) is 23.5 Å². The van der Waals surface area contributed by atoms with Crippen molar-refractivity contribution < 1.29 is 19.1 Å². The maximum Gasteiger partial charge on any atom is 0.311 e. The van der Waals surface area contributed by atoms with Crippen LogP contribution >= 0.6 is 11.3 Å². The summed E-state index contributed by atoms with van der Waals surface area (Å²) in [6.07, 6.45) is 1.21. The van der Waals surface area contributed by atoms with Gasteiger partial charge in [0.1, 0.15) is 5.82 Å². The fourth-order valence-electron chi connectivity index (χ4n) is 2.18. The monoisotopic (exact) mass is 319 g/mol. The van der Waals surface area contributed by atoms with Crippen LogP contribution in [0, 0.1) is 11.2 Å². The summed E-state index contributed by atoms with van der Waals surface area (Å²) in [4.78, 5) is 24.5. The highest BCUT2D eigenvalue weighted by Crippen LogP contribution is 2.45. The van der Waals surface area contributed by atoms with E-state index in [-0.39, 0.29) is 18.3 Å². The first kappa shape index (κ1) is 14.7. The molecule has 0 spiro atoms. The van der Waals surface area contributed by atoms with Crippen molar-refractivity contribution in [1.29, 1.82) is 0 Å². The van der Waals surface area contributed by atoms with Crippen LogP contribution in [0.25, 0.3) is 10.4 Å². The third-order valence-electron chi connectivity index (χ3n) is 3.85. The Kier molecular flexibility index (Phi) is 3.70. The van der Waals surface area contributed by atoms with Crippen LogP contribution in [0.4, 0.5) is 4.39 Å². The molecular weight excluding hydrogens is 305 g/mol. The lowest BCUT2D eigenvalue weighted by molar-refractivity contribution is -0.143. The first-order chi connectivity index (χ1) is 10.5. The summed E-state index contributed by atoms with van der Waals surface area (Å²) in [6.45, 7) is 0.158. The molecule has 0 unspecified atom stereocenters. The zero-order valence-corrected chi connectivity index (χ0v) is 12.5. The number of halogens is 1. The molecule has 1 heterocycles. The number of carbonyl (C=O) groups is 2. The Balaban J connectivity index is 1.67. The Hall–Kier alpha value is -2.21. The van der Waals surface area contributed by atoms with Crippen LogP contribution in [-0.2, 0) is 4.79 Å². The molecule has 0 atom stereocenters. The van der Waals surface area contributed by atoms with Gasteiger partial charge in [0.15, 0.2) is 0 Å². The fourth-order valence-corrected chi connectivity index (χ4v) is 3.11. The minimum Gasteiger partial charge on any atom is -0.481 e. The molecule has 1 fully saturated rings. The van der Waals surface area contributed by atoms with E-state index in [1.54, 1.807) is 24.3 Å². The van der Waals surface area contributed by atoms with Crippen molar-refractivity contribution in [2.45, 2.75) is 12.8 Å². The molecule has 1 saturated carbocycles. The van der Waals surface area contributed by atoms with Crippen molar-refractivity contribution in [2.75, 3.05) is 6.54 Å². The van der Waals surface area contributed by atoms with Gasteiger partial charge in [-0.25, -0.2) is 4.39 Å². The number of benzene rings is 1. The van der Waals surface area contributed by atoms with Crippen LogP contribution < -0.4 is 5.32 Å². The number of aliphatic carboxylic acids is 1. The van der Waals surface area contributed by atoms with Crippen LogP contribution in [0.15, 0.2) is 36.4 Å². The van der Waals surface area contributed by atoms with Gasteiger partial charge in [0.05, 0.1) is 10.3 Å². The van der Waals surface area contributed by atoms with Crippen molar-refractivity contribution in [3.05, 3.63) is 47.1 Å². The number of thiophene rings is 1. The van der Waals surface area contributed by atoms with E-state index in [0.717, 1.165) is 10.4 Å². The van der Waals surface area contributed by atoms with E-state index in [4.69, 9.17) is 5.11 Å². The molecule has 2 aromatic rings. The van der Waals surface area contributed by atoms with Gasteiger partial charge in [-0.15, -0.1) is 11.3 Å². The highest BCUT2D eigenvalue weighted by atomic mass is 32.1. The molecule has 3 rings (SSSR count). The lowest BCUT2D eigenvalue weighted by atomic mass is 10.1. The van der Waals surface area contributed by atoms with Gasteiger partial charge in [-0.1, -0.05) is 12.1 Å². The van der Waals surface area contributed by atoms with Gasteiger partial charge in [0.25, 0.3) is 5.91 Å². The predicted molar refractivity (Wildman–Crippen MR) is 81.3 cm³/mol. The lowest BCUT2D eigenvalue weighted by Gasteiger charge is -2.10. The molecular formula is C16H14FNO3S. The van der Waals surface area contributed by atoms with E-state index in [2.05, 4.69) is 5.32 Å². The smallest absolute Gasteiger partial charge is 0.311 e. The van der Waals surface area contributed by atoms with E-state index in [9.17, 15) is 14.0 Å². The average Bonchev–Trinajstić information content (AvgIpc) is 3.15. The topological polar surface area (TPSA) is 66.4 Å². The van der Waals surface area contributed by atoms with Crippen LogP contribution in [0.2, 0.25) is 0 Å². The largest absolute Gasteiger partial charge is 0.481 e. The summed E-state index contributed by atoms with van der Waals surface area (Å²) < 4.78 is 12.9. The Labute approximate surface area is 130 Å². The van der Waals surface area contributed by atoms with Crippen molar-refractivity contribution in [1.82, 2.24) is 5.32 Å². The molecule has 1 aromatic heterocycles. The second-order valence-electron chi connectivity index (χ2n) is 5.44. The number of amides is 1. The SMILES string of the molecule is O=C(NCC1(C(=O)O)CC1)c1ccc(-c2ccc(F)cc2)s1. The van der Waals surface area contributed by atoms with Crippen molar-refractivity contribution in [3.63, 3.8) is 0 Å². The molecule has 0 aliphatic heterocycles. The van der Waals surface area contributed by atoms with Crippen molar-refractivity contribution >= 4 is 23.2 Å². The molecule has 114 valence electrons. The molecule has 0 bridgehead atoms. The molecule has 4 nitrogen and oxygen atoms in total. The standard InChI is InChI=1S/C16H14FNO3S/c17-11-3-1-10(2-4-11)12-5-6-13(22-12)14(19)18-9-16(7-8-16)15(20)21/h1-6H,7-9H2,(H,18,19)(H,20,21). The number of carboxylic acid groups (broad SMARTS) is 1. The average molecular weight is 319 g/mol. The first-order valence-electron chi connectivity index (χ1n) is 6.88. The zero-order valence-electron chi connectivity index (χ0n) is 11.6. The van der Waals surface area contributed by atoms with Gasteiger partial charge < -0.3 is 10.4 Å². The van der Waals surface area contributed by atoms with Crippen LogP contribution in [-0.4, -0.2) is 23.5 Å². The van der Waals surface area contributed by atoms with Crippen molar-refractivity contribution in [3.8, 4) is 10.4 Å². The summed E-state index contributed by atoms with van der Waals surface area (Å²) in [6, 6.07) is 9.56. The molecule has 6 heteroatoms. The third-order valence-corrected chi connectivity index (χ3v) is 4.99. The Morgan fingerprint density at radius 3 is 2.45 bits per heavy atom. The van der Waals surface area contributed by atoms with Crippen LogP contribution in [0.5, 0.6) is 0 Å². The van der Waals surface area contributed by atoms with Gasteiger partial charge in [-0.2, -0.15) is 0 Å². The molecule has 1 aromatic carbocycles. The molecule has 2 N–H and O–H groups in total. The van der Waals surface area contributed by atoms with Crippen LogP contribution in [0.3, 0.4) is 0 Å². The first-order valence-corrected chi connectivity index (χ1v) is 7.69. The Bertz CT molecular complexity index is 719. The summed E-state index contributed by atoms with van der Waals surface area (Å²) in [7, 11) is 0. The maximum atomic E-state index is 12.9. The quantitative estimate of drug-likeness (QED) is 0.889. The molecule has 1 aliphatic rings. The number of carbonyl (C=O) groups excluding carboxylic acids is 1. The number of hydrogen-bond donors (Lipinski definition) is 2. The molecule has 22 heavy (non-hydrogen) atoms. The minimum absolute atomic E-state index is 0.158. The maximum absolute atomic E-state index is 12.9. The highest BCUT2D eigenvalue weighted by Gasteiger charge is 2.50. The lowest BCUT2D eigenvalue weighted by Crippen LogP contribution is -2.33. The Morgan fingerprint density at radius 1 is 1.18 bits per heavy atom. The predicted octanol–water partition coefficient (Wildman–Crippen LogP) is 3.15.